The highest BCUT2D eigenvalue weighted by atomic mass is 32.1. The summed E-state index contributed by atoms with van der Waals surface area (Å²) in [6.07, 6.45) is 1.13. The standard InChI is InChI=1S/C28H27FN6O4S/c29-21-12-18(14-30)4-5-19(21)17-39-26-3-1-2-24(31-26)34-9-7-33(8-10-34)16-25-32-27-22(13-23(40-27)28(36)37)35(25)15-20-6-11-38-20/h1-5,12-13,20H,6-11,15-17H2,(H,36,37). The second-order valence-corrected chi connectivity index (χ2v) is 10.9. The first-order chi connectivity index (χ1) is 19.5. The Morgan fingerprint density at radius 3 is 2.73 bits per heavy atom. The van der Waals surface area contributed by atoms with Gasteiger partial charge in [0.25, 0.3) is 0 Å². The Balaban J connectivity index is 1.08. The van der Waals surface area contributed by atoms with Crippen LogP contribution in [0.2, 0.25) is 0 Å². The number of rotatable bonds is 9. The summed E-state index contributed by atoms with van der Waals surface area (Å²) in [5.74, 6) is 0.712. The number of thiophene rings is 1. The van der Waals surface area contributed by atoms with Gasteiger partial charge in [-0.3, -0.25) is 4.90 Å². The number of imidazole rings is 1. The first kappa shape index (κ1) is 26.2. The van der Waals surface area contributed by atoms with Crippen LogP contribution in [0, 0.1) is 17.1 Å². The molecule has 12 heteroatoms. The van der Waals surface area contributed by atoms with Gasteiger partial charge in [0.05, 0.1) is 36.3 Å². The molecule has 1 atom stereocenters. The molecular weight excluding hydrogens is 535 g/mol. The lowest BCUT2D eigenvalue weighted by Crippen LogP contribution is -2.46. The van der Waals surface area contributed by atoms with Crippen LogP contribution in [0.5, 0.6) is 5.88 Å². The molecule has 1 aromatic carbocycles. The average Bonchev–Trinajstić information content (AvgIpc) is 3.49. The third-order valence-corrected chi connectivity index (χ3v) is 8.25. The highest BCUT2D eigenvalue weighted by Gasteiger charge is 2.26. The number of nitriles is 1. The van der Waals surface area contributed by atoms with E-state index in [1.165, 1.54) is 17.4 Å². The molecule has 2 fully saturated rings. The van der Waals surface area contributed by atoms with E-state index in [1.54, 1.807) is 24.3 Å². The maximum Gasteiger partial charge on any atom is 0.346 e. The van der Waals surface area contributed by atoms with Crippen LogP contribution < -0.4 is 9.64 Å². The molecule has 40 heavy (non-hydrogen) atoms. The maximum atomic E-state index is 14.2. The normalized spacial score (nSPS) is 17.5. The van der Waals surface area contributed by atoms with Gasteiger partial charge in [-0.1, -0.05) is 12.1 Å². The number of fused-ring (bicyclic) bond motifs is 1. The topological polar surface area (TPSA) is 117 Å². The van der Waals surface area contributed by atoms with E-state index < -0.39 is 11.8 Å². The predicted octanol–water partition coefficient (Wildman–Crippen LogP) is 3.89. The highest BCUT2D eigenvalue weighted by molar-refractivity contribution is 7.20. The smallest absolute Gasteiger partial charge is 0.346 e. The van der Waals surface area contributed by atoms with Gasteiger partial charge in [0.15, 0.2) is 0 Å². The lowest BCUT2D eigenvalue weighted by molar-refractivity contribution is -0.0592. The molecule has 0 saturated carbocycles. The van der Waals surface area contributed by atoms with E-state index in [0.717, 1.165) is 61.2 Å². The van der Waals surface area contributed by atoms with Crippen molar-refractivity contribution < 1.29 is 23.8 Å². The van der Waals surface area contributed by atoms with Gasteiger partial charge in [0, 0.05) is 44.4 Å². The molecule has 0 spiro atoms. The number of carbonyl (C=O) groups is 1. The number of hydrogen-bond donors (Lipinski definition) is 1. The molecule has 2 aliphatic heterocycles. The molecule has 0 aliphatic carbocycles. The molecule has 0 bridgehead atoms. The van der Waals surface area contributed by atoms with Crippen LogP contribution in [-0.2, 0) is 24.4 Å². The van der Waals surface area contributed by atoms with E-state index >= 15 is 0 Å². The van der Waals surface area contributed by atoms with E-state index in [1.807, 2.05) is 18.2 Å². The fourth-order valence-electron chi connectivity index (χ4n) is 4.90. The molecule has 4 aromatic rings. The summed E-state index contributed by atoms with van der Waals surface area (Å²) in [5, 5.41) is 18.3. The van der Waals surface area contributed by atoms with Crippen molar-refractivity contribution in [2.75, 3.05) is 37.7 Å². The van der Waals surface area contributed by atoms with Gasteiger partial charge in [-0.15, -0.1) is 11.3 Å². The molecule has 10 nitrogen and oxygen atoms in total. The van der Waals surface area contributed by atoms with Crippen LogP contribution >= 0.6 is 11.3 Å². The number of piperazine rings is 1. The van der Waals surface area contributed by atoms with Crippen molar-refractivity contribution in [2.45, 2.75) is 32.2 Å². The van der Waals surface area contributed by atoms with Crippen molar-refractivity contribution >= 4 is 33.5 Å². The molecule has 3 aromatic heterocycles. The van der Waals surface area contributed by atoms with Crippen LogP contribution in [0.3, 0.4) is 0 Å². The quantitative estimate of drug-likeness (QED) is 0.324. The monoisotopic (exact) mass is 562 g/mol. The molecule has 0 radical (unpaired) electrons. The first-order valence-corrected chi connectivity index (χ1v) is 13.9. The molecule has 5 heterocycles. The third kappa shape index (κ3) is 5.49. The summed E-state index contributed by atoms with van der Waals surface area (Å²) in [4.78, 5) is 26.5. The van der Waals surface area contributed by atoms with Crippen molar-refractivity contribution in [1.29, 1.82) is 5.26 Å². The van der Waals surface area contributed by atoms with Gasteiger partial charge < -0.3 is 24.0 Å². The summed E-state index contributed by atoms with van der Waals surface area (Å²) in [6.45, 7) is 5.27. The lowest BCUT2D eigenvalue weighted by atomic mass is 10.1. The molecule has 1 N–H and O–H groups in total. The Morgan fingerprint density at radius 1 is 1.20 bits per heavy atom. The zero-order valence-electron chi connectivity index (χ0n) is 21.6. The van der Waals surface area contributed by atoms with E-state index in [0.29, 0.717) is 29.4 Å². The van der Waals surface area contributed by atoms with Crippen LogP contribution in [0.15, 0.2) is 42.5 Å². The minimum atomic E-state index is -0.934. The number of benzene rings is 1. The minimum absolute atomic E-state index is 0.0196. The molecule has 2 saturated heterocycles. The largest absolute Gasteiger partial charge is 0.477 e. The third-order valence-electron chi connectivity index (χ3n) is 7.24. The summed E-state index contributed by atoms with van der Waals surface area (Å²) in [7, 11) is 0. The van der Waals surface area contributed by atoms with Gasteiger partial charge in [0.2, 0.25) is 5.88 Å². The first-order valence-electron chi connectivity index (χ1n) is 13.1. The maximum absolute atomic E-state index is 14.2. The Labute approximate surface area is 233 Å². The van der Waals surface area contributed by atoms with Crippen LogP contribution in [0.25, 0.3) is 10.3 Å². The predicted molar refractivity (Wildman–Crippen MR) is 146 cm³/mol. The number of carboxylic acid groups (broad SMARTS) is 1. The minimum Gasteiger partial charge on any atom is -0.477 e. The summed E-state index contributed by atoms with van der Waals surface area (Å²) in [6, 6.07) is 13.5. The number of carboxylic acids is 1. The Kier molecular flexibility index (Phi) is 7.34. The zero-order valence-corrected chi connectivity index (χ0v) is 22.4. The molecule has 6 rings (SSSR count). The van der Waals surface area contributed by atoms with Gasteiger partial charge in [-0.2, -0.15) is 10.2 Å². The van der Waals surface area contributed by atoms with Gasteiger partial charge in [0.1, 0.15) is 33.8 Å². The van der Waals surface area contributed by atoms with E-state index in [9.17, 15) is 14.3 Å². The number of aromatic nitrogens is 3. The molecule has 0 amide bonds. The number of nitrogens with zero attached hydrogens (tertiary/aromatic N) is 6. The van der Waals surface area contributed by atoms with Crippen LogP contribution in [0.4, 0.5) is 10.2 Å². The van der Waals surface area contributed by atoms with E-state index in [2.05, 4.69) is 19.4 Å². The second kappa shape index (κ2) is 11.2. The fraction of sp³-hybridized carbons (Fsp3) is 0.357. The number of anilines is 1. The number of pyridine rings is 1. The summed E-state index contributed by atoms with van der Waals surface area (Å²) in [5.41, 5.74) is 1.48. The zero-order chi connectivity index (χ0) is 27.6. The van der Waals surface area contributed by atoms with Crippen molar-refractivity contribution in [2.24, 2.45) is 0 Å². The van der Waals surface area contributed by atoms with E-state index in [-0.39, 0.29) is 18.3 Å². The van der Waals surface area contributed by atoms with Gasteiger partial charge in [-0.25, -0.2) is 14.2 Å². The van der Waals surface area contributed by atoms with Crippen molar-refractivity contribution in [1.82, 2.24) is 19.4 Å². The fourth-order valence-corrected chi connectivity index (χ4v) is 5.80. The Morgan fingerprint density at radius 2 is 2.02 bits per heavy atom. The summed E-state index contributed by atoms with van der Waals surface area (Å²) >= 11 is 1.21. The highest BCUT2D eigenvalue weighted by Crippen LogP contribution is 2.29. The molecule has 1 unspecified atom stereocenters. The van der Waals surface area contributed by atoms with Crippen molar-refractivity contribution in [3.63, 3.8) is 0 Å². The number of hydrogen-bond acceptors (Lipinski definition) is 9. The van der Waals surface area contributed by atoms with Crippen LogP contribution in [-0.4, -0.2) is 69.4 Å². The number of ether oxygens (including phenoxy) is 2. The van der Waals surface area contributed by atoms with Crippen molar-refractivity contribution in [3.8, 4) is 11.9 Å². The SMILES string of the molecule is N#Cc1ccc(COc2cccc(N3CCN(Cc4nc5sc(C(=O)O)cc5n4CC4CCO4)CC3)n2)c(F)c1. The Hall–Kier alpha value is -4.05. The lowest BCUT2D eigenvalue weighted by Gasteiger charge is -2.35. The molecule has 2 aliphatic rings. The van der Waals surface area contributed by atoms with Gasteiger partial charge in [-0.05, 0) is 30.7 Å². The Bertz CT molecular complexity index is 1590. The number of halogens is 1. The molecule has 206 valence electrons. The second-order valence-electron chi connectivity index (χ2n) is 9.83. The summed E-state index contributed by atoms with van der Waals surface area (Å²) < 4.78 is 27.7. The van der Waals surface area contributed by atoms with Gasteiger partial charge >= 0.3 is 5.97 Å². The molecular formula is C28H27FN6O4S. The van der Waals surface area contributed by atoms with E-state index in [4.69, 9.17) is 19.7 Å². The average molecular weight is 563 g/mol. The van der Waals surface area contributed by atoms with Crippen LogP contribution in [0.1, 0.15) is 33.0 Å². The van der Waals surface area contributed by atoms with Crippen molar-refractivity contribution in [3.05, 3.63) is 70.1 Å². The number of aromatic carboxylic acids is 1.